The van der Waals surface area contributed by atoms with Gasteiger partial charge < -0.3 is 20.1 Å². The fourth-order valence-corrected chi connectivity index (χ4v) is 6.49. The fourth-order valence-electron chi connectivity index (χ4n) is 6.31. The molecule has 4 heterocycles. The molecule has 1 spiro atoms. The zero-order valence-electron chi connectivity index (χ0n) is 20.0. The first-order chi connectivity index (χ1) is 17.0. The second-order valence-electron chi connectivity index (χ2n) is 10.6. The van der Waals surface area contributed by atoms with Gasteiger partial charge in [0.1, 0.15) is 11.5 Å². The van der Waals surface area contributed by atoms with Gasteiger partial charge in [0.25, 0.3) is 5.91 Å². The van der Waals surface area contributed by atoms with Crippen molar-refractivity contribution in [2.24, 2.45) is 5.92 Å². The average Bonchev–Trinajstić information content (AvgIpc) is 3.45. The smallest absolute Gasteiger partial charge is 0.270 e. The number of nitrogens with one attached hydrogen (secondary N) is 2. The van der Waals surface area contributed by atoms with E-state index in [-0.39, 0.29) is 17.1 Å². The number of benzene rings is 2. The molecule has 3 aliphatic heterocycles. The number of aromatic amines is 1. The SMILES string of the molecule is O=C(c1cc2cc(F)ccc2[nH]1)N1CCC(CCN2CCC3(CC2)CNc2cc(Cl)ccc23)CC1. The van der Waals surface area contributed by atoms with Crippen LogP contribution in [0.5, 0.6) is 0 Å². The average molecular weight is 495 g/mol. The highest BCUT2D eigenvalue weighted by molar-refractivity contribution is 6.30. The summed E-state index contributed by atoms with van der Waals surface area (Å²) >= 11 is 6.18. The quantitative estimate of drug-likeness (QED) is 0.492. The Balaban J connectivity index is 0.977. The third-order valence-electron chi connectivity index (χ3n) is 8.55. The summed E-state index contributed by atoms with van der Waals surface area (Å²) in [5.74, 6) is 0.408. The Labute approximate surface area is 210 Å². The number of piperidine rings is 2. The molecular weight excluding hydrogens is 463 g/mol. The molecule has 0 saturated carbocycles. The zero-order chi connectivity index (χ0) is 24.0. The van der Waals surface area contributed by atoms with Crippen molar-refractivity contribution in [1.82, 2.24) is 14.8 Å². The number of hydrogen-bond donors (Lipinski definition) is 2. The monoisotopic (exact) mass is 494 g/mol. The minimum absolute atomic E-state index is 0.0214. The van der Waals surface area contributed by atoms with Crippen LogP contribution in [0.2, 0.25) is 5.02 Å². The van der Waals surface area contributed by atoms with E-state index < -0.39 is 0 Å². The van der Waals surface area contributed by atoms with E-state index in [4.69, 9.17) is 11.6 Å². The third kappa shape index (κ3) is 4.43. The van der Waals surface area contributed by atoms with Crippen molar-refractivity contribution < 1.29 is 9.18 Å². The number of halogens is 2. The first kappa shape index (κ1) is 22.9. The van der Waals surface area contributed by atoms with Gasteiger partial charge >= 0.3 is 0 Å². The number of amides is 1. The van der Waals surface area contributed by atoms with Gasteiger partial charge in [0.2, 0.25) is 0 Å². The van der Waals surface area contributed by atoms with Crippen LogP contribution >= 0.6 is 11.6 Å². The van der Waals surface area contributed by atoms with Crippen LogP contribution in [0.4, 0.5) is 10.1 Å². The summed E-state index contributed by atoms with van der Waals surface area (Å²) in [5, 5.41) is 5.12. The number of carbonyl (C=O) groups excluding carboxylic acids is 1. The summed E-state index contributed by atoms with van der Waals surface area (Å²) in [6.45, 7) is 6.03. The molecule has 2 N–H and O–H groups in total. The number of anilines is 1. The lowest BCUT2D eigenvalue weighted by atomic mass is 9.74. The Morgan fingerprint density at radius 1 is 1.06 bits per heavy atom. The molecule has 0 radical (unpaired) electrons. The van der Waals surface area contributed by atoms with E-state index in [9.17, 15) is 9.18 Å². The summed E-state index contributed by atoms with van der Waals surface area (Å²) in [7, 11) is 0. The number of hydrogen-bond acceptors (Lipinski definition) is 3. The van der Waals surface area contributed by atoms with Crippen molar-refractivity contribution in [2.75, 3.05) is 44.6 Å². The largest absolute Gasteiger partial charge is 0.384 e. The maximum Gasteiger partial charge on any atom is 0.270 e. The van der Waals surface area contributed by atoms with E-state index in [1.54, 1.807) is 12.1 Å². The van der Waals surface area contributed by atoms with Crippen LogP contribution < -0.4 is 5.32 Å². The highest BCUT2D eigenvalue weighted by Crippen LogP contribution is 2.44. The molecule has 3 aliphatic rings. The molecular formula is C28H32ClFN4O. The number of rotatable bonds is 4. The van der Waals surface area contributed by atoms with Crippen LogP contribution in [0, 0.1) is 11.7 Å². The van der Waals surface area contributed by atoms with Gasteiger partial charge in [-0.3, -0.25) is 4.79 Å². The number of fused-ring (bicyclic) bond motifs is 3. The van der Waals surface area contributed by atoms with Crippen molar-refractivity contribution in [3.8, 4) is 0 Å². The van der Waals surface area contributed by atoms with Crippen LogP contribution in [0.25, 0.3) is 10.9 Å². The molecule has 0 aliphatic carbocycles. The van der Waals surface area contributed by atoms with Gasteiger partial charge in [-0.15, -0.1) is 0 Å². The van der Waals surface area contributed by atoms with Crippen LogP contribution in [0.3, 0.4) is 0 Å². The Morgan fingerprint density at radius 3 is 2.66 bits per heavy atom. The van der Waals surface area contributed by atoms with Gasteiger partial charge in [0, 0.05) is 46.7 Å². The summed E-state index contributed by atoms with van der Waals surface area (Å²) < 4.78 is 13.5. The van der Waals surface area contributed by atoms with Crippen molar-refractivity contribution in [3.63, 3.8) is 0 Å². The standard InChI is InChI=1S/C28H32ClFN4O/c29-21-1-3-23-25(17-21)31-18-28(23)8-13-33(14-9-28)10-5-19-6-11-34(12-7-19)27(35)26-16-20-15-22(30)2-4-24(20)32-26/h1-4,15-17,19,31-32H,5-14,18H2. The number of H-pyrrole nitrogens is 1. The van der Waals surface area contributed by atoms with E-state index in [0.717, 1.165) is 68.0 Å². The lowest BCUT2D eigenvalue weighted by Gasteiger charge is -2.40. The summed E-state index contributed by atoms with van der Waals surface area (Å²) in [4.78, 5) is 20.7. The highest BCUT2D eigenvalue weighted by atomic mass is 35.5. The topological polar surface area (TPSA) is 51.4 Å². The molecule has 2 aromatic carbocycles. The van der Waals surface area contributed by atoms with E-state index >= 15 is 0 Å². The molecule has 184 valence electrons. The Bertz CT molecular complexity index is 1240. The first-order valence-electron chi connectivity index (χ1n) is 12.8. The molecule has 7 heteroatoms. The van der Waals surface area contributed by atoms with Gasteiger partial charge in [-0.25, -0.2) is 4.39 Å². The third-order valence-corrected chi connectivity index (χ3v) is 8.79. The van der Waals surface area contributed by atoms with Crippen LogP contribution in [-0.2, 0) is 5.41 Å². The minimum Gasteiger partial charge on any atom is -0.384 e. The van der Waals surface area contributed by atoms with Crippen molar-refractivity contribution in [3.05, 3.63) is 64.6 Å². The summed E-state index contributed by atoms with van der Waals surface area (Å²) in [6, 6.07) is 12.6. The van der Waals surface area contributed by atoms with E-state index in [2.05, 4.69) is 27.3 Å². The van der Waals surface area contributed by atoms with Crippen molar-refractivity contribution in [1.29, 1.82) is 0 Å². The van der Waals surface area contributed by atoms with Gasteiger partial charge in [0.15, 0.2) is 0 Å². The molecule has 35 heavy (non-hydrogen) atoms. The van der Waals surface area contributed by atoms with Gasteiger partial charge in [-0.05, 0) is 99.6 Å². The molecule has 0 atom stereocenters. The van der Waals surface area contributed by atoms with Gasteiger partial charge in [0.05, 0.1) is 0 Å². The summed E-state index contributed by atoms with van der Waals surface area (Å²) in [6.07, 6.45) is 5.68. The number of aromatic nitrogens is 1. The van der Waals surface area contributed by atoms with E-state index in [1.165, 1.54) is 42.6 Å². The maximum absolute atomic E-state index is 13.5. The lowest BCUT2D eigenvalue weighted by Crippen LogP contribution is -2.44. The van der Waals surface area contributed by atoms with E-state index in [1.807, 2.05) is 11.0 Å². The van der Waals surface area contributed by atoms with Crippen LogP contribution in [0.1, 0.15) is 48.2 Å². The molecule has 6 rings (SSSR count). The number of carbonyl (C=O) groups is 1. The molecule has 0 unspecified atom stereocenters. The number of nitrogens with zero attached hydrogens (tertiary/aromatic N) is 2. The second kappa shape index (κ2) is 9.14. The predicted octanol–water partition coefficient (Wildman–Crippen LogP) is 5.66. The molecule has 2 fully saturated rings. The van der Waals surface area contributed by atoms with E-state index in [0.29, 0.717) is 11.6 Å². The summed E-state index contributed by atoms with van der Waals surface area (Å²) in [5.41, 5.74) is 4.27. The maximum atomic E-state index is 13.5. The van der Waals surface area contributed by atoms with Crippen LogP contribution in [-0.4, -0.2) is 60.0 Å². The van der Waals surface area contributed by atoms with Crippen molar-refractivity contribution in [2.45, 2.75) is 37.5 Å². The Morgan fingerprint density at radius 2 is 1.86 bits per heavy atom. The number of likely N-dealkylation sites (tertiary alicyclic amines) is 2. The fraction of sp³-hybridized carbons (Fsp3) is 0.464. The Hall–Kier alpha value is -2.57. The lowest BCUT2D eigenvalue weighted by molar-refractivity contribution is 0.0671. The normalized spacial score (nSPS) is 20.3. The molecule has 1 amide bonds. The van der Waals surface area contributed by atoms with Crippen LogP contribution in [0.15, 0.2) is 42.5 Å². The highest BCUT2D eigenvalue weighted by Gasteiger charge is 2.41. The predicted molar refractivity (Wildman–Crippen MR) is 139 cm³/mol. The molecule has 3 aromatic rings. The second-order valence-corrected chi connectivity index (χ2v) is 11.0. The molecule has 2 saturated heterocycles. The Kier molecular flexibility index (Phi) is 5.97. The minimum atomic E-state index is -0.283. The zero-order valence-corrected chi connectivity index (χ0v) is 20.7. The molecule has 5 nitrogen and oxygen atoms in total. The molecule has 1 aromatic heterocycles. The van der Waals surface area contributed by atoms with Crippen molar-refractivity contribution >= 4 is 34.1 Å². The first-order valence-corrected chi connectivity index (χ1v) is 13.2. The molecule has 0 bridgehead atoms. The van der Waals surface area contributed by atoms with Gasteiger partial charge in [-0.2, -0.15) is 0 Å². The van der Waals surface area contributed by atoms with Gasteiger partial charge in [-0.1, -0.05) is 17.7 Å².